The topological polar surface area (TPSA) is 71.2 Å². The summed E-state index contributed by atoms with van der Waals surface area (Å²) in [5.41, 5.74) is 5.43. The highest BCUT2D eigenvalue weighted by molar-refractivity contribution is 7.10. The molecule has 0 bridgehead atoms. The van der Waals surface area contributed by atoms with Gasteiger partial charge in [0.15, 0.2) is 0 Å². The van der Waals surface area contributed by atoms with Crippen molar-refractivity contribution in [1.29, 1.82) is 0 Å². The Morgan fingerprint density at radius 2 is 2.50 bits per heavy atom. The summed E-state index contributed by atoms with van der Waals surface area (Å²) >= 11 is 1.25. The third kappa shape index (κ3) is 2.88. The normalized spacial score (nSPS) is 9.86. The molecule has 3 N–H and O–H groups in total. The van der Waals surface area contributed by atoms with E-state index in [0.29, 0.717) is 12.4 Å². The molecule has 14 heavy (non-hydrogen) atoms. The van der Waals surface area contributed by atoms with Crippen molar-refractivity contribution in [3.8, 4) is 0 Å². The van der Waals surface area contributed by atoms with Gasteiger partial charge in [-0.15, -0.1) is 0 Å². The molecule has 0 saturated carbocycles. The quantitative estimate of drug-likeness (QED) is 0.770. The Kier molecular flexibility index (Phi) is 3.70. The summed E-state index contributed by atoms with van der Waals surface area (Å²) in [6, 6.07) is 1.71. The Labute approximate surface area is 87.1 Å². The number of likely N-dealkylation sites (N-methyl/N-ethyl adjacent to an activating group) is 1. The number of anilines is 2. The first-order valence-corrected chi connectivity index (χ1v) is 5.11. The molecule has 1 amide bonds. The predicted octanol–water partition coefficient (Wildman–Crippen LogP) is 0.615. The van der Waals surface area contributed by atoms with E-state index in [4.69, 9.17) is 5.73 Å². The summed E-state index contributed by atoms with van der Waals surface area (Å²) in [6.07, 6.45) is 0. The van der Waals surface area contributed by atoms with Crippen LogP contribution in [0.4, 0.5) is 10.8 Å². The highest BCUT2D eigenvalue weighted by atomic mass is 32.1. The fourth-order valence-corrected chi connectivity index (χ4v) is 1.41. The summed E-state index contributed by atoms with van der Waals surface area (Å²) in [7, 11) is 1.77. The zero-order valence-electron chi connectivity index (χ0n) is 8.28. The van der Waals surface area contributed by atoms with Crippen LogP contribution in [0.25, 0.3) is 0 Å². The minimum atomic E-state index is 0.0551. The summed E-state index contributed by atoms with van der Waals surface area (Å²) in [5.74, 6) is 0.535. The van der Waals surface area contributed by atoms with Crippen molar-refractivity contribution in [2.75, 3.05) is 31.2 Å². The Bertz CT molecular complexity index is 312. The van der Waals surface area contributed by atoms with E-state index in [0.717, 1.165) is 5.00 Å². The third-order valence-corrected chi connectivity index (χ3v) is 2.60. The van der Waals surface area contributed by atoms with Gasteiger partial charge in [-0.25, -0.2) is 0 Å². The van der Waals surface area contributed by atoms with Crippen LogP contribution >= 0.6 is 11.5 Å². The average Bonchev–Trinajstić information content (AvgIpc) is 2.59. The first-order chi connectivity index (χ1) is 6.63. The molecule has 5 nitrogen and oxygen atoms in total. The fraction of sp³-hybridized carbons (Fsp3) is 0.500. The molecule has 1 heterocycles. The van der Waals surface area contributed by atoms with Gasteiger partial charge in [0.25, 0.3) is 0 Å². The van der Waals surface area contributed by atoms with Crippen LogP contribution in [-0.2, 0) is 4.79 Å². The molecule has 0 aliphatic carbocycles. The molecule has 0 aliphatic rings. The van der Waals surface area contributed by atoms with E-state index in [-0.39, 0.29) is 12.5 Å². The summed E-state index contributed by atoms with van der Waals surface area (Å²) in [6.45, 7) is 2.93. The Morgan fingerprint density at radius 3 is 3.00 bits per heavy atom. The van der Waals surface area contributed by atoms with Crippen LogP contribution < -0.4 is 11.1 Å². The van der Waals surface area contributed by atoms with Crippen molar-refractivity contribution in [2.24, 2.45) is 0 Å². The van der Waals surface area contributed by atoms with Crippen LogP contribution in [0, 0.1) is 0 Å². The third-order valence-electron chi connectivity index (χ3n) is 1.84. The molecule has 0 atom stereocenters. The van der Waals surface area contributed by atoms with Gasteiger partial charge in [0, 0.05) is 19.7 Å². The minimum Gasteiger partial charge on any atom is -0.383 e. The van der Waals surface area contributed by atoms with Crippen molar-refractivity contribution in [3.05, 3.63) is 6.07 Å². The SMILES string of the molecule is CCN(C)C(=O)CNc1cc(N)ns1. The van der Waals surface area contributed by atoms with Gasteiger partial charge in [-0.3, -0.25) is 4.79 Å². The first-order valence-electron chi connectivity index (χ1n) is 4.33. The maximum Gasteiger partial charge on any atom is 0.241 e. The lowest BCUT2D eigenvalue weighted by Gasteiger charge is -2.14. The minimum absolute atomic E-state index is 0.0551. The molecular formula is C8H14N4OS. The molecule has 0 saturated heterocycles. The average molecular weight is 214 g/mol. The Balaban J connectivity index is 2.37. The van der Waals surface area contributed by atoms with Gasteiger partial charge in [0.05, 0.1) is 6.54 Å². The van der Waals surface area contributed by atoms with E-state index in [1.54, 1.807) is 18.0 Å². The van der Waals surface area contributed by atoms with Crippen LogP contribution in [0.5, 0.6) is 0 Å². The molecule has 6 heteroatoms. The molecule has 0 aromatic carbocycles. The molecule has 0 spiro atoms. The second-order valence-electron chi connectivity index (χ2n) is 2.88. The van der Waals surface area contributed by atoms with Gasteiger partial charge in [-0.1, -0.05) is 0 Å². The van der Waals surface area contributed by atoms with Crippen molar-refractivity contribution < 1.29 is 4.79 Å². The zero-order valence-corrected chi connectivity index (χ0v) is 9.10. The van der Waals surface area contributed by atoms with Crippen molar-refractivity contribution in [3.63, 3.8) is 0 Å². The summed E-state index contributed by atoms with van der Waals surface area (Å²) in [5, 5.41) is 3.79. The number of aromatic nitrogens is 1. The molecule has 78 valence electrons. The highest BCUT2D eigenvalue weighted by Crippen LogP contribution is 2.16. The van der Waals surface area contributed by atoms with Crippen molar-refractivity contribution in [1.82, 2.24) is 9.27 Å². The fourth-order valence-electron chi connectivity index (χ4n) is 0.846. The largest absolute Gasteiger partial charge is 0.383 e. The van der Waals surface area contributed by atoms with Crippen LogP contribution in [0.1, 0.15) is 6.92 Å². The number of nitrogen functional groups attached to an aromatic ring is 1. The van der Waals surface area contributed by atoms with Gasteiger partial charge in [0.1, 0.15) is 10.8 Å². The monoisotopic (exact) mass is 214 g/mol. The number of carbonyl (C=O) groups is 1. The highest BCUT2D eigenvalue weighted by Gasteiger charge is 2.06. The van der Waals surface area contributed by atoms with Gasteiger partial charge in [0.2, 0.25) is 5.91 Å². The second-order valence-corrected chi connectivity index (χ2v) is 3.68. The number of amides is 1. The number of nitrogens with two attached hydrogens (primary N) is 1. The molecular weight excluding hydrogens is 200 g/mol. The van der Waals surface area contributed by atoms with Crippen LogP contribution in [-0.4, -0.2) is 35.3 Å². The van der Waals surface area contributed by atoms with Gasteiger partial charge < -0.3 is 16.0 Å². The van der Waals surface area contributed by atoms with E-state index in [1.165, 1.54) is 11.5 Å². The number of carbonyl (C=O) groups excluding carboxylic acids is 1. The standard InChI is InChI=1S/C8H14N4OS/c1-3-12(2)8(13)5-10-7-4-6(9)11-14-7/h4,10H,3,5H2,1-2H3,(H2,9,11). The number of hydrogen-bond donors (Lipinski definition) is 2. The van der Waals surface area contributed by atoms with E-state index in [1.807, 2.05) is 6.92 Å². The lowest BCUT2D eigenvalue weighted by Crippen LogP contribution is -2.31. The number of rotatable bonds is 4. The summed E-state index contributed by atoms with van der Waals surface area (Å²) in [4.78, 5) is 13.0. The second kappa shape index (κ2) is 4.80. The molecule has 0 aliphatic heterocycles. The number of hydrogen-bond acceptors (Lipinski definition) is 5. The van der Waals surface area contributed by atoms with Gasteiger partial charge >= 0.3 is 0 Å². The molecule has 1 aromatic heterocycles. The smallest absolute Gasteiger partial charge is 0.241 e. The molecule has 1 aromatic rings. The van der Waals surface area contributed by atoms with Crippen molar-refractivity contribution in [2.45, 2.75) is 6.92 Å². The number of nitrogens with one attached hydrogen (secondary N) is 1. The lowest BCUT2D eigenvalue weighted by molar-refractivity contribution is -0.127. The Morgan fingerprint density at radius 1 is 1.79 bits per heavy atom. The van der Waals surface area contributed by atoms with Crippen LogP contribution in [0.15, 0.2) is 6.07 Å². The van der Waals surface area contributed by atoms with Gasteiger partial charge in [-0.05, 0) is 18.5 Å². The lowest BCUT2D eigenvalue weighted by atomic mass is 10.5. The first kappa shape index (κ1) is 10.8. The van der Waals surface area contributed by atoms with E-state index in [9.17, 15) is 4.79 Å². The zero-order chi connectivity index (χ0) is 10.6. The predicted molar refractivity (Wildman–Crippen MR) is 58.3 cm³/mol. The summed E-state index contributed by atoms with van der Waals surface area (Å²) < 4.78 is 3.89. The maximum absolute atomic E-state index is 11.4. The van der Waals surface area contributed by atoms with Gasteiger partial charge in [-0.2, -0.15) is 4.37 Å². The van der Waals surface area contributed by atoms with E-state index >= 15 is 0 Å². The van der Waals surface area contributed by atoms with Crippen LogP contribution in [0.3, 0.4) is 0 Å². The molecule has 1 rings (SSSR count). The molecule has 0 unspecified atom stereocenters. The van der Waals surface area contributed by atoms with Crippen molar-refractivity contribution >= 4 is 28.3 Å². The molecule has 0 radical (unpaired) electrons. The van der Waals surface area contributed by atoms with E-state index in [2.05, 4.69) is 9.69 Å². The molecule has 0 fully saturated rings. The van der Waals surface area contributed by atoms with E-state index < -0.39 is 0 Å². The maximum atomic E-state index is 11.4. The van der Waals surface area contributed by atoms with Crippen LogP contribution in [0.2, 0.25) is 0 Å². The number of nitrogens with zero attached hydrogens (tertiary/aromatic N) is 2. The Hall–Kier alpha value is -1.30.